The van der Waals surface area contributed by atoms with E-state index in [1.54, 1.807) is 16.8 Å². The molecule has 1 atom stereocenters. The van der Waals surface area contributed by atoms with Crippen molar-refractivity contribution in [3.63, 3.8) is 0 Å². The van der Waals surface area contributed by atoms with E-state index in [1.165, 1.54) is 6.07 Å². The molecule has 1 aliphatic rings. The predicted molar refractivity (Wildman–Crippen MR) is 65.8 cm³/mol. The smallest absolute Gasteiger partial charge is 0.274 e. The van der Waals surface area contributed by atoms with Crippen LogP contribution in [0.3, 0.4) is 0 Å². The van der Waals surface area contributed by atoms with E-state index in [0.717, 1.165) is 37.9 Å². The fourth-order valence-electron chi connectivity index (χ4n) is 2.61. The molecule has 6 nitrogen and oxygen atoms in total. The summed E-state index contributed by atoms with van der Waals surface area (Å²) in [7, 11) is 0. The number of quaternary nitrogens is 1. The Bertz CT molecular complexity index is 642. The maximum Gasteiger partial charge on any atom is 0.274 e. The van der Waals surface area contributed by atoms with Crippen LogP contribution in [0.15, 0.2) is 23.0 Å². The molecule has 0 fully saturated rings. The molecule has 6 heteroatoms. The number of aryl methyl sites for hydroxylation is 1. The molecule has 3 rings (SSSR count). The van der Waals surface area contributed by atoms with Gasteiger partial charge in [0.2, 0.25) is 0 Å². The van der Waals surface area contributed by atoms with Gasteiger partial charge in [0.05, 0.1) is 10.9 Å². The van der Waals surface area contributed by atoms with Crippen LogP contribution in [0.4, 0.5) is 5.69 Å². The van der Waals surface area contributed by atoms with Gasteiger partial charge in [-0.2, -0.15) is 5.23 Å². The standard InChI is InChI=1S/C12H15N3O3/c16-12-10-8-9(15(17)18)4-5-11(10)13-6-2-1-3-7-14(12)13/h4-5,8,15,17H,1-3,6-7H2. The third kappa shape index (κ3) is 1.66. The van der Waals surface area contributed by atoms with Gasteiger partial charge in [0.15, 0.2) is 5.69 Å². The number of fused-ring (bicyclic) bond motifs is 3. The highest BCUT2D eigenvalue weighted by Gasteiger charge is 2.16. The predicted octanol–water partition coefficient (Wildman–Crippen LogP) is 0.390. The van der Waals surface area contributed by atoms with Gasteiger partial charge >= 0.3 is 0 Å². The second kappa shape index (κ2) is 4.24. The molecule has 1 aromatic carbocycles. The minimum atomic E-state index is -0.998. The Morgan fingerprint density at radius 3 is 2.61 bits per heavy atom. The van der Waals surface area contributed by atoms with Crippen molar-refractivity contribution >= 4 is 16.6 Å². The van der Waals surface area contributed by atoms with Crippen molar-refractivity contribution in [3.05, 3.63) is 33.8 Å². The quantitative estimate of drug-likeness (QED) is 0.718. The molecular formula is C12H15N3O3. The number of benzene rings is 1. The van der Waals surface area contributed by atoms with E-state index in [0.29, 0.717) is 5.39 Å². The Kier molecular flexibility index (Phi) is 2.70. The summed E-state index contributed by atoms with van der Waals surface area (Å²) in [6, 6.07) is 4.78. The second-order valence-electron chi connectivity index (χ2n) is 4.65. The monoisotopic (exact) mass is 249 g/mol. The Morgan fingerprint density at radius 1 is 1.17 bits per heavy atom. The van der Waals surface area contributed by atoms with Gasteiger partial charge in [-0.3, -0.25) is 9.48 Å². The van der Waals surface area contributed by atoms with E-state index in [-0.39, 0.29) is 11.2 Å². The summed E-state index contributed by atoms with van der Waals surface area (Å²) in [5.74, 6) is 0. The topological polar surface area (TPSA) is 74.7 Å². The second-order valence-corrected chi connectivity index (χ2v) is 4.65. The molecule has 96 valence electrons. The summed E-state index contributed by atoms with van der Waals surface area (Å²) in [6.07, 6.45) is 3.19. The highest BCUT2D eigenvalue weighted by atomic mass is 16.8. The first-order valence-electron chi connectivity index (χ1n) is 6.15. The van der Waals surface area contributed by atoms with Crippen molar-refractivity contribution in [2.45, 2.75) is 32.4 Å². The van der Waals surface area contributed by atoms with Gasteiger partial charge in [-0.1, -0.05) is 0 Å². The van der Waals surface area contributed by atoms with Crippen molar-refractivity contribution in [3.8, 4) is 0 Å². The first-order valence-corrected chi connectivity index (χ1v) is 6.15. The largest absolute Gasteiger partial charge is 0.595 e. The minimum Gasteiger partial charge on any atom is -0.595 e. The lowest BCUT2D eigenvalue weighted by Crippen LogP contribution is -2.99. The Labute approximate surface area is 103 Å². The van der Waals surface area contributed by atoms with Crippen molar-refractivity contribution < 1.29 is 10.4 Å². The summed E-state index contributed by atoms with van der Waals surface area (Å²) in [6.45, 7) is 1.54. The lowest BCUT2D eigenvalue weighted by atomic mass is 10.2. The van der Waals surface area contributed by atoms with E-state index >= 15 is 0 Å². The molecule has 2 aromatic rings. The van der Waals surface area contributed by atoms with Crippen LogP contribution in [0.5, 0.6) is 0 Å². The molecule has 0 saturated heterocycles. The summed E-state index contributed by atoms with van der Waals surface area (Å²) >= 11 is 0. The molecule has 1 unspecified atom stereocenters. The highest BCUT2D eigenvalue weighted by molar-refractivity contribution is 5.81. The molecule has 0 aliphatic carbocycles. The summed E-state index contributed by atoms with van der Waals surface area (Å²) in [5.41, 5.74) is 0.933. The van der Waals surface area contributed by atoms with Crippen LogP contribution >= 0.6 is 0 Å². The lowest BCUT2D eigenvalue weighted by Gasteiger charge is -2.11. The Hall–Kier alpha value is -1.63. The van der Waals surface area contributed by atoms with E-state index in [1.807, 2.05) is 4.68 Å². The van der Waals surface area contributed by atoms with Gasteiger partial charge in [-0.15, -0.1) is 0 Å². The molecule has 2 N–H and O–H groups in total. The first kappa shape index (κ1) is 11.5. The van der Waals surface area contributed by atoms with Crippen LogP contribution in [0.25, 0.3) is 10.9 Å². The van der Waals surface area contributed by atoms with E-state index in [2.05, 4.69) is 0 Å². The van der Waals surface area contributed by atoms with Gasteiger partial charge in [0, 0.05) is 25.2 Å². The van der Waals surface area contributed by atoms with Gasteiger partial charge < -0.3 is 5.21 Å². The van der Waals surface area contributed by atoms with Crippen LogP contribution in [-0.4, -0.2) is 14.6 Å². The van der Waals surface area contributed by atoms with Crippen molar-refractivity contribution in [2.24, 2.45) is 0 Å². The zero-order valence-electron chi connectivity index (χ0n) is 9.93. The van der Waals surface area contributed by atoms with Crippen LogP contribution in [-0.2, 0) is 13.1 Å². The molecule has 18 heavy (non-hydrogen) atoms. The maximum absolute atomic E-state index is 12.2. The molecule has 1 aliphatic heterocycles. The molecule has 2 heterocycles. The number of nitrogens with zero attached hydrogens (tertiary/aromatic N) is 2. The van der Waals surface area contributed by atoms with Gasteiger partial charge in [-0.25, -0.2) is 9.89 Å². The molecule has 0 amide bonds. The van der Waals surface area contributed by atoms with E-state index < -0.39 is 5.23 Å². The summed E-state index contributed by atoms with van der Waals surface area (Å²) < 4.78 is 3.72. The average molecular weight is 249 g/mol. The zero-order chi connectivity index (χ0) is 12.7. The molecule has 0 saturated carbocycles. The molecule has 0 spiro atoms. The maximum atomic E-state index is 12.2. The van der Waals surface area contributed by atoms with Crippen LogP contribution in [0.2, 0.25) is 0 Å². The molecular weight excluding hydrogens is 234 g/mol. The summed E-state index contributed by atoms with van der Waals surface area (Å²) in [4.78, 5) is 12.2. The normalized spacial score (nSPS) is 17.4. The fourth-order valence-corrected chi connectivity index (χ4v) is 2.61. The van der Waals surface area contributed by atoms with Crippen molar-refractivity contribution in [2.75, 3.05) is 0 Å². The van der Waals surface area contributed by atoms with Gasteiger partial charge in [0.25, 0.3) is 5.56 Å². The average Bonchev–Trinajstić information content (AvgIpc) is 2.57. The van der Waals surface area contributed by atoms with Gasteiger partial charge in [-0.05, 0) is 25.3 Å². The van der Waals surface area contributed by atoms with Crippen LogP contribution in [0.1, 0.15) is 19.3 Å². The minimum absolute atomic E-state index is 0.0741. The SMILES string of the molecule is O=c1c2cc([NH+]([O-])O)ccc2n2n1CCCCC2. The number of hydrogen-bond donors (Lipinski definition) is 2. The Balaban J connectivity index is 2.26. The molecule has 1 aromatic heterocycles. The number of hydrogen-bond acceptors (Lipinski definition) is 3. The number of rotatable bonds is 1. The van der Waals surface area contributed by atoms with Gasteiger partial charge in [0.1, 0.15) is 0 Å². The van der Waals surface area contributed by atoms with Crippen LogP contribution < -0.4 is 10.8 Å². The number of nitrogens with one attached hydrogen (secondary N) is 1. The number of aromatic nitrogens is 2. The van der Waals surface area contributed by atoms with E-state index in [4.69, 9.17) is 5.21 Å². The zero-order valence-corrected chi connectivity index (χ0v) is 9.93. The molecule has 0 radical (unpaired) electrons. The van der Waals surface area contributed by atoms with Crippen molar-refractivity contribution in [1.29, 1.82) is 0 Å². The lowest BCUT2D eigenvalue weighted by molar-refractivity contribution is -0.991. The Morgan fingerprint density at radius 2 is 1.89 bits per heavy atom. The first-order chi connectivity index (χ1) is 8.68. The summed E-state index contributed by atoms with van der Waals surface area (Å²) in [5, 5.41) is 19.4. The third-order valence-corrected chi connectivity index (χ3v) is 3.52. The highest BCUT2D eigenvalue weighted by Crippen LogP contribution is 2.18. The fraction of sp³-hybridized carbons (Fsp3) is 0.417. The third-order valence-electron chi connectivity index (χ3n) is 3.52. The molecule has 0 bridgehead atoms. The van der Waals surface area contributed by atoms with Crippen molar-refractivity contribution in [1.82, 2.24) is 9.36 Å². The van der Waals surface area contributed by atoms with Crippen LogP contribution in [0, 0.1) is 5.21 Å². The van der Waals surface area contributed by atoms with E-state index in [9.17, 15) is 10.0 Å².